The van der Waals surface area contributed by atoms with E-state index in [-0.39, 0.29) is 29.6 Å². The quantitative estimate of drug-likeness (QED) is 0.213. The fraction of sp³-hybridized carbons (Fsp3) is 0.929. The van der Waals surface area contributed by atoms with Crippen LogP contribution in [0.15, 0.2) is 0 Å². The van der Waals surface area contributed by atoms with Gasteiger partial charge in [-0.25, -0.2) is 4.57 Å². The van der Waals surface area contributed by atoms with Crippen molar-refractivity contribution in [3.8, 4) is 0 Å². The third-order valence-electron chi connectivity index (χ3n) is 2.88. The summed E-state index contributed by atoms with van der Waals surface area (Å²) in [6.45, 7) is 2.26. The van der Waals surface area contributed by atoms with Crippen LogP contribution < -0.4 is 29.6 Å². The van der Waals surface area contributed by atoms with E-state index in [0.717, 1.165) is 6.42 Å². The van der Waals surface area contributed by atoms with Crippen molar-refractivity contribution in [3.05, 3.63) is 0 Å². The maximum absolute atomic E-state index is 9.94. The van der Waals surface area contributed by atoms with Gasteiger partial charge >= 0.3 is 37.4 Å². The molecule has 0 aromatic carbocycles. The molecule has 0 aliphatic rings. The Hall–Kier alpha value is 0.780. The van der Waals surface area contributed by atoms with Gasteiger partial charge in [0.05, 0.1) is 0 Å². The van der Waals surface area contributed by atoms with Gasteiger partial charge in [0.2, 0.25) is 0 Å². The first-order valence-corrected chi connectivity index (χ1v) is 9.11. The Morgan fingerprint density at radius 1 is 0.762 bits per heavy atom. The Labute approximate surface area is 151 Å². The SMILES string of the molecule is CCCCCCCCCCCCC[C-]=O.O=P(O)(O)O.[Na+]. The van der Waals surface area contributed by atoms with Crippen molar-refractivity contribution in [1.82, 2.24) is 0 Å². The van der Waals surface area contributed by atoms with Crippen LogP contribution in [-0.4, -0.2) is 21.0 Å². The first-order chi connectivity index (χ1) is 9.41. The Morgan fingerprint density at radius 3 is 1.33 bits per heavy atom. The molecular formula is C14H30NaO5P. The Balaban J connectivity index is -0.000000465. The average molecular weight is 332 g/mol. The molecular weight excluding hydrogens is 302 g/mol. The van der Waals surface area contributed by atoms with Crippen LogP contribution in [0.25, 0.3) is 0 Å². The first-order valence-electron chi connectivity index (χ1n) is 7.55. The van der Waals surface area contributed by atoms with Gasteiger partial charge in [-0.2, -0.15) is 6.42 Å². The summed E-state index contributed by atoms with van der Waals surface area (Å²) in [4.78, 5) is 31.5. The van der Waals surface area contributed by atoms with Crippen molar-refractivity contribution in [2.75, 3.05) is 0 Å². The molecule has 0 spiro atoms. The third-order valence-corrected chi connectivity index (χ3v) is 2.88. The van der Waals surface area contributed by atoms with E-state index in [0.29, 0.717) is 6.42 Å². The van der Waals surface area contributed by atoms with Crippen LogP contribution in [-0.2, 0) is 9.36 Å². The van der Waals surface area contributed by atoms with Crippen LogP contribution in [0.5, 0.6) is 0 Å². The molecule has 0 heterocycles. The van der Waals surface area contributed by atoms with E-state index in [1.54, 1.807) is 0 Å². The molecule has 122 valence electrons. The minimum absolute atomic E-state index is 0. The molecule has 0 saturated heterocycles. The van der Waals surface area contributed by atoms with Crippen molar-refractivity contribution in [2.24, 2.45) is 0 Å². The van der Waals surface area contributed by atoms with Gasteiger partial charge in [-0.05, 0) is 0 Å². The molecule has 0 radical (unpaired) electrons. The van der Waals surface area contributed by atoms with Gasteiger partial charge in [-0.15, -0.1) is 0 Å². The normalized spacial score (nSPS) is 10.3. The number of hydrogen-bond donors (Lipinski definition) is 3. The summed E-state index contributed by atoms with van der Waals surface area (Å²) < 4.78 is 8.88. The topological polar surface area (TPSA) is 94.8 Å². The molecule has 0 amide bonds. The van der Waals surface area contributed by atoms with E-state index in [2.05, 4.69) is 6.92 Å². The monoisotopic (exact) mass is 332 g/mol. The van der Waals surface area contributed by atoms with E-state index >= 15 is 0 Å². The summed E-state index contributed by atoms with van der Waals surface area (Å²) in [6.07, 6.45) is 17.3. The van der Waals surface area contributed by atoms with E-state index in [1.807, 2.05) is 6.29 Å². The van der Waals surface area contributed by atoms with Crippen LogP contribution in [0.2, 0.25) is 0 Å². The maximum atomic E-state index is 9.94. The minimum Gasteiger partial charge on any atom is -0.542 e. The van der Waals surface area contributed by atoms with Gasteiger partial charge in [-0.1, -0.05) is 77.6 Å². The second-order valence-corrected chi connectivity index (χ2v) is 5.97. The van der Waals surface area contributed by atoms with Gasteiger partial charge in [0, 0.05) is 0 Å². The zero-order valence-electron chi connectivity index (χ0n) is 13.6. The zero-order chi connectivity index (χ0) is 15.7. The van der Waals surface area contributed by atoms with Crippen molar-refractivity contribution >= 4 is 14.1 Å². The molecule has 0 rings (SSSR count). The molecule has 7 heteroatoms. The number of rotatable bonds is 12. The number of phosphoric acid groups is 1. The molecule has 0 atom stereocenters. The van der Waals surface area contributed by atoms with Crippen LogP contribution in [0, 0.1) is 0 Å². The van der Waals surface area contributed by atoms with Gasteiger partial charge in [0.15, 0.2) is 0 Å². The summed E-state index contributed by atoms with van der Waals surface area (Å²) in [5.74, 6) is 0. The van der Waals surface area contributed by atoms with E-state index < -0.39 is 7.82 Å². The Kier molecular flexibility index (Phi) is 26.4. The van der Waals surface area contributed by atoms with Gasteiger partial charge in [0.1, 0.15) is 0 Å². The Morgan fingerprint density at radius 2 is 1.05 bits per heavy atom. The van der Waals surface area contributed by atoms with Crippen molar-refractivity contribution in [3.63, 3.8) is 0 Å². The summed E-state index contributed by atoms with van der Waals surface area (Å²) in [5.41, 5.74) is 0. The van der Waals surface area contributed by atoms with Crippen LogP contribution in [0.1, 0.15) is 84.0 Å². The summed E-state index contributed by atoms with van der Waals surface area (Å²) in [6, 6.07) is 0. The third kappa shape index (κ3) is 44.9. The van der Waals surface area contributed by atoms with Gasteiger partial charge < -0.3 is 19.5 Å². The number of carbonyl (C=O) groups excluding carboxylic acids is 1. The molecule has 5 nitrogen and oxygen atoms in total. The average Bonchev–Trinajstić information content (AvgIpc) is 2.34. The molecule has 0 aromatic heterocycles. The van der Waals surface area contributed by atoms with Crippen molar-refractivity contribution in [1.29, 1.82) is 0 Å². The molecule has 0 unspecified atom stereocenters. The van der Waals surface area contributed by atoms with Crippen LogP contribution in [0.4, 0.5) is 0 Å². The number of unbranched alkanes of at least 4 members (excludes halogenated alkanes) is 11. The first kappa shape index (κ1) is 26.7. The van der Waals surface area contributed by atoms with Gasteiger partial charge in [-0.3, -0.25) is 6.29 Å². The molecule has 0 aromatic rings. The van der Waals surface area contributed by atoms with E-state index in [9.17, 15) is 4.79 Å². The molecule has 0 bridgehead atoms. The largest absolute Gasteiger partial charge is 1.00 e. The smallest absolute Gasteiger partial charge is 0.542 e. The molecule has 3 N–H and O–H groups in total. The second kappa shape index (κ2) is 20.8. The fourth-order valence-corrected chi connectivity index (χ4v) is 1.86. The summed E-state index contributed by atoms with van der Waals surface area (Å²) in [5, 5.41) is 0. The molecule has 0 fully saturated rings. The van der Waals surface area contributed by atoms with E-state index in [1.165, 1.54) is 64.2 Å². The second-order valence-electron chi connectivity index (χ2n) is 4.94. The zero-order valence-corrected chi connectivity index (χ0v) is 16.5. The molecule has 21 heavy (non-hydrogen) atoms. The van der Waals surface area contributed by atoms with Crippen LogP contribution in [0.3, 0.4) is 0 Å². The molecule has 0 aliphatic heterocycles. The van der Waals surface area contributed by atoms with E-state index in [4.69, 9.17) is 19.2 Å². The fourth-order valence-electron chi connectivity index (χ4n) is 1.86. The predicted molar refractivity (Wildman–Crippen MR) is 81.0 cm³/mol. The standard InChI is InChI=1S/C14H27O.Na.H3O4P/c1-2-3-4-5-6-7-8-9-10-11-12-13-14-15;;1-5(2,3)4/h2-13H2,1H3;;(H3,1,2,3,4)/q-1;+1;. The Bertz CT molecular complexity index is 237. The molecule has 0 aliphatic carbocycles. The van der Waals surface area contributed by atoms with Crippen molar-refractivity contribution in [2.45, 2.75) is 84.0 Å². The number of hydrogen-bond acceptors (Lipinski definition) is 2. The summed E-state index contributed by atoms with van der Waals surface area (Å²) >= 11 is 0. The van der Waals surface area contributed by atoms with Crippen molar-refractivity contribution < 1.29 is 53.6 Å². The van der Waals surface area contributed by atoms with Crippen LogP contribution >= 0.6 is 7.82 Å². The minimum atomic E-state index is -4.64. The molecule has 0 saturated carbocycles. The summed E-state index contributed by atoms with van der Waals surface area (Å²) in [7, 11) is -4.64. The predicted octanol–water partition coefficient (Wildman–Crippen LogP) is 0.873. The van der Waals surface area contributed by atoms with Gasteiger partial charge in [0.25, 0.3) is 0 Å². The maximum Gasteiger partial charge on any atom is 1.00 e.